The maximum atomic E-state index is 12.6. The van der Waals surface area contributed by atoms with Crippen LogP contribution in [0, 0.1) is 0 Å². The number of hydrogen-bond donors (Lipinski definition) is 2. The van der Waals surface area contributed by atoms with E-state index in [0.717, 1.165) is 0 Å². The normalized spacial score (nSPS) is 10.9. The zero-order valence-corrected chi connectivity index (χ0v) is 11.3. The highest BCUT2D eigenvalue weighted by molar-refractivity contribution is 5.39. The molecule has 2 aromatic heterocycles. The highest BCUT2D eigenvalue weighted by atomic mass is 19.3. The molecule has 0 radical (unpaired) electrons. The first kappa shape index (κ1) is 15.0. The molecule has 114 valence electrons. The molecule has 0 saturated heterocycles. The lowest BCUT2D eigenvalue weighted by atomic mass is 10.5. The Morgan fingerprint density at radius 3 is 2.76 bits per heavy atom. The lowest BCUT2D eigenvalue weighted by molar-refractivity contribution is 0.152. The third kappa shape index (κ3) is 3.81. The van der Waals surface area contributed by atoms with Gasteiger partial charge in [0.2, 0.25) is 11.9 Å². The summed E-state index contributed by atoms with van der Waals surface area (Å²) in [5, 5.41) is 15.7. The largest absolute Gasteiger partial charge is 0.395 e. The van der Waals surface area contributed by atoms with Crippen LogP contribution in [0.3, 0.4) is 0 Å². The molecule has 0 fully saturated rings. The molecule has 0 aromatic carbocycles. The number of nitrogens with zero attached hydrogens (tertiary/aromatic N) is 6. The molecule has 2 aromatic rings. The van der Waals surface area contributed by atoms with E-state index in [1.165, 1.54) is 9.58 Å². The fourth-order valence-electron chi connectivity index (χ4n) is 1.66. The third-order valence-electron chi connectivity index (χ3n) is 2.56. The standard InChI is InChI=1S/C11H15F2N7O/c1-14-9-16-10(19(5-6-21)7-8(12)13)18-11(17-9)20-4-2-3-15-20/h2-4,8,21H,5-7H2,1H3,(H,14,16,17,18). The Morgan fingerprint density at radius 2 is 2.19 bits per heavy atom. The maximum Gasteiger partial charge on any atom is 0.257 e. The van der Waals surface area contributed by atoms with Crippen molar-refractivity contribution >= 4 is 11.9 Å². The Labute approximate surface area is 119 Å². The summed E-state index contributed by atoms with van der Waals surface area (Å²) in [7, 11) is 1.61. The molecule has 0 saturated carbocycles. The van der Waals surface area contributed by atoms with Gasteiger partial charge in [-0.05, 0) is 6.07 Å². The van der Waals surface area contributed by atoms with Crippen LogP contribution in [0.4, 0.5) is 20.7 Å². The quantitative estimate of drug-likeness (QED) is 0.752. The molecular weight excluding hydrogens is 284 g/mol. The number of halogens is 2. The molecule has 2 N–H and O–H groups in total. The fraction of sp³-hybridized carbons (Fsp3) is 0.455. The molecule has 8 nitrogen and oxygen atoms in total. The molecule has 10 heteroatoms. The fourth-order valence-corrected chi connectivity index (χ4v) is 1.66. The predicted molar refractivity (Wildman–Crippen MR) is 71.8 cm³/mol. The Balaban J connectivity index is 2.38. The molecule has 0 atom stereocenters. The summed E-state index contributed by atoms with van der Waals surface area (Å²) in [4.78, 5) is 13.5. The Bertz CT molecular complexity index is 564. The van der Waals surface area contributed by atoms with Gasteiger partial charge in [-0.25, -0.2) is 13.5 Å². The van der Waals surface area contributed by atoms with Crippen LogP contribution in [0.5, 0.6) is 0 Å². The molecule has 0 aliphatic rings. The molecule has 0 amide bonds. The Hall–Kier alpha value is -2.36. The monoisotopic (exact) mass is 299 g/mol. The van der Waals surface area contributed by atoms with Gasteiger partial charge in [0.25, 0.3) is 12.4 Å². The highest BCUT2D eigenvalue weighted by Crippen LogP contribution is 2.14. The van der Waals surface area contributed by atoms with E-state index in [-0.39, 0.29) is 31.0 Å². The topological polar surface area (TPSA) is 92.0 Å². The first-order valence-electron chi connectivity index (χ1n) is 6.22. The van der Waals surface area contributed by atoms with Gasteiger partial charge in [0, 0.05) is 26.0 Å². The molecular formula is C11H15F2N7O. The van der Waals surface area contributed by atoms with Crippen molar-refractivity contribution in [3.8, 4) is 5.95 Å². The van der Waals surface area contributed by atoms with Gasteiger partial charge in [0.1, 0.15) is 0 Å². The molecule has 2 rings (SSSR count). The van der Waals surface area contributed by atoms with Gasteiger partial charge in [0.15, 0.2) is 0 Å². The van der Waals surface area contributed by atoms with Crippen LogP contribution >= 0.6 is 0 Å². The highest BCUT2D eigenvalue weighted by Gasteiger charge is 2.17. The number of hydrogen-bond acceptors (Lipinski definition) is 7. The van der Waals surface area contributed by atoms with Crippen molar-refractivity contribution in [3.63, 3.8) is 0 Å². The Kier molecular flexibility index (Phi) is 4.93. The number of nitrogens with one attached hydrogen (secondary N) is 1. The van der Waals surface area contributed by atoms with E-state index in [1.807, 2.05) is 0 Å². The van der Waals surface area contributed by atoms with Crippen molar-refractivity contribution in [2.24, 2.45) is 0 Å². The van der Waals surface area contributed by atoms with Gasteiger partial charge < -0.3 is 15.3 Å². The van der Waals surface area contributed by atoms with Gasteiger partial charge in [-0.15, -0.1) is 0 Å². The van der Waals surface area contributed by atoms with Gasteiger partial charge in [0.05, 0.1) is 13.2 Å². The minimum atomic E-state index is -2.57. The molecule has 2 heterocycles. The molecule has 0 aliphatic carbocycles. The van der Waals surface area contributed by atoms with Gasteiger partial charge in [-0.1, -0.05) is 0 Å². The van der Waals surface area contributed by atoms with E-state index >= 15 is 0 Å². The van der Waals surface area contributed by atoms with Crippen molar-refractivity contribution in [2.75, 3.05) is 37.0 Å². The average molecular weight is 299 g/mol. The van der Waals surface area contributed by atoms with Crippen molar-refractivity contribution in [1.82, 2.24) is 24.7 Å². The van der Waals surface area contributed by atoms with Crippen LogP contribution in [0.2, 0.25) is 0 Å². The third-order valence-corrected chi connectivity index (χ3v) is 2.56. The van der Waals surface area contributed by atoms with Crippen molar-refractivity contribution in [3.05, 3.63) is 18.5 Å². The van der Waals surface area contributed by atoms with E-state index in [4.69, 9.17) is 5.11 Å². The first-order chi connectivity index (χ1) is 10.1. The molecule has 21 heavy (non-hydrogen) atoms. The molecule has 0 bridgehead atoms. The van der Waals surface area contributed by atoms with E-state index in [2.05, 4.69) is 25.4 Å². The second kappa shape index (κ2) is 6.88. The van der Waals surface area contributed by atoms with Gasteiger partial charge in [-0.2, -0.15) is 20.1 Å². The molecule has 0 unspecified atom stereocenters. The summed E-state index contributed by atoms with van der Waals surface area (Å²) in [6, 6.07) is 1.69. The van der Waals surface area contributed by atoms with Crippen LogP contribution in [-0.4, -0.2) is 63.0 Å². The minimum Gasteiger partial charge on any atom is -0.395 e. The van der Waals surface area contributed by atoms with E-state index in [0.29, 0.717) is 0 Å². The van der Waals surface area contributed by atoms with Crippen LogP contribution in [0.15, 0.2) is 18.5 Å². The van der Waals surface area contributed by atoms with E-state index in [1.54, 1.807) is 25.5 Å². The van der Waals surface area contributed by atoms with Crippen LogP contribution in [-0.2, 0) is 0 Å². The smallest absolute Gasteiger partial charge is 0.257 e. The van der Waals surface area contributed by atoms with Crippen molar-refractivity contribution < 1.29 is 13.9 Å². The summed E-state index contributed by atoms with van der Waals surface area (Å²) in [6.45, 7) is -0.868. The Morgan fingerprint density at radius 1 is 1.38 bits per heavy atom. The van der Waals surface area contributed by atoms with Crippen LogP contribution in [0.25, 0.3) is 5.95 Å². The summed E-state index contributed by atoms with van der Waals surface area (Å²) in [5.74, 6) is 0.475. The maximum absolute atomic E-state index is 12.6. The zero-order valence-electron chi connectivity index (χ0n) is 11.3. The predicted octanol–water partition coefficient (Wildman–Crippen LogP) is 0.163. The first-order valence-corrected chi connectivity index (χ1v) is 6.22. The number of alkyl halides is 2. The van der Waals surface area contributed by atoms with E-state index in [9.17, 15) is 8.78 Å². The molecule has 0 spiro atoms. The van der Waals surface area contributed by atoms with Crippen LogP contribution < -0.4 is 10.2 Å². The summed E-state index contributed by atoms with van der Waals surface area (Å²) < 4.78 is 26.6. The summed E-state index contributed by atoms with van der Waals surface area (Å²) in [6.07, 6.45) is 0.606. The molecule has 0 aliphatic heterocycles. The lowest BCUT2D eigenvalue weighted by Crippen LogP contribution is -2.33. The average Bonchev–Trinajstić information content (AvgIpc) is 3.00. The summed E-state index contributed by atoms with van der Waals surface area (Å²) in [5.41, 5.74) is 0. The number of aromatic nitrogens is 5. The number of aliphatic hydroxyl groups excluding tert-OH is 1. The second-order valence-electron chi connectivity index (χ2n) is 4.02. The number of anilines is 2. The summed E-state index contributed by atoms with van der Waals surface area (Å²) >= 11 is 0. The number of rotatable bonds is 7. The van der Waals surface area contributed by atoms with Gasteiger partial charge in [-0.3, -0.25) is 0 Å². The van der Waals surface area contributed by atoms with Crippen LogP contribution in [0.1, 0.15) is 0 Å². The van der Waals surface area contributed by atoms with E-state index < -0.39 is 13.0 Å². The zero-order chi connectivity index (χ0) is 15.2. The minimum absolute atomic E-state index is 0.00391. The van der Waals surface area contributed by atoms with Gasteiger partial charge >= 0.3 is 0 Å². The second-order valence-corrected chi connectivity index (χ2v) is 4.02. The van der Waals surface area contributed by atoms with Crippen molar-refractivity contribution in [1.29, 1.82) is 0 Å². The lowest BCUT2D eigenvalue weighted by Gasteiger charge is -2.21. The SMILES string of the molecule is CNc1nc(N(CCO)CC(F)F)nc(-n2cccn2)n1. The number of aliphatic hydroxyl groups is 1. The van der Waals surface area contributed by atoms with Crippen molar-refractivity contribution in [2.45, 2.75) is 6.43 Å².